The number of methoxy groups -OCH3 is 1. The number of hydrogen-bond acceptors (Lipinski definition) is 5. The van der Waals surface area contributed by atoms with Gasteiger partial charge in [-0.2, -0.15) is 5.10 Å². The van der Waals surface area contributed by atoms with Crippen LogP contribution in [0.2, 0.25) is 0 Å². The molecule has 0 amide bonds. The molecule has 0 radical (unpaired) electrons. The van der Waals surface area contributed by atoms with Crippen LogP contribution in [0.15, 0.2) is 6.20 Å². The van der Waals surface area contributed by atoms with E-state index in [1.807, 2.05) is 18.8 Å². The van der Waals surface area contributed by atoms with Crippen LogP contribution in [0.4, 0.5) is 0 Å². The molecule has 7 nitrogen and oxygen atoms in total. The molecule has 1 aliphatic rings. The number of aromatic nitrogens is 2. The first kappa shape index (κ1) is 14.8. The Morgan fingerprint density at radius 3 is 2.90 bits per heavy atom. The number of carbonyl (C=O) groups is 1. The Morgan fingerprint density at radius 1 is 1.60 bits per heavy atom. The van der Waals surface area contributed by atoms with Crippen LogP contribution in [0.5, 0.6) is 5.75 Å². The Bertz CT molecular complexity index is 472. The lowest BCUT2D eigenvalue weighted by Crippen LogP contribution is -2.33. The lowest BCUT2D eigenvalue weighted by atomic mass is 10.1. The summed E-state index contributed by atoms with van der Waals surface area (Å²) >= 11 is 0. The van der Waals surface area contributed by atoms with Gasteiger partial charge in [0.2, 0.25) is 0 Å². The van der Waals surface area contributed by atoms with Crippen molar-refractivity contribution < 1.29 is 14.6 Å². The second kappa shape index (κ2) is 6.23. The number of nitrogens with one attached hydrogen (secondary N) is 1. The Balaban J connectivity index is 2.16. The largest absolute Gasteiger partial charge is 0.493 e. The molecule has 1 aromatic heterocycles. The third-order valence-corrected chi connectivity index (χ3v) is 3.60. The fourth-order valence-electron chi connectivity index (χ4n) is 2.51. The minimum Gasteiger partial charge on any atom is -0.493 e. The van der Waals surface area contributed by atoms with E-state index in [1.54, 1.807) is 13.3 Å². The summed E-state index contributed by atoms with van der Waals surface area (Å²) < 4.78 is 7.26. The summed E-state index contributed by atoms with van der Waals surface area (Å²) in [4.78, 5) is 13.1. The van der Waals surface area contributed by atoms with Crippen molar-refractivity contribution in [2.75, 3.05) is 27.7 Å². The van der Waals surface area contributed by atoms with Gasteiger partial charge in [-0.3, -0.25) is 14.8 Å². The van der Waals surface area contributed by atoms with E-state index in [0.717, 1.165) is 25.2 Å². The second-order valence-electron chi connectivity index (χ2n) is 5.31. The SMILES string of the molecule is COc1cnn(CCN(C)C)c1C1CCC(C(=O)O)N1. The van der Waals surface area contributed by atoms with Gasteiger partial charge in [0.05, 0.1) is 31.6 Å². The number of carboxylic acids is 1. The summed E-state index contributed by atoms with van der Waals surface area (Å²) in [5.41, 5.74) is 0.943. The van der Waals surface area contributed by atoms with Crippen LogP contribution in [-0.4, -0.2) is 59.5 Å². The third-order valence-electron chi connectivity index (χ3n) is 3.60. The number of rotatable bonds is 6. The van der Waals surface area contributed by atoms with Gasteiger partial charge in [0.25, 0.3) is 0 Å². The van der Waals surface area contributed by atoms with E-state index in [1.165, 1.54) is 0 Å². The highest BCUT2D eigenvalue weighted by molar-refractivity contribution is 5.74. The van der Waals surface area contributed by atoms with Crippen LogP contribution in [0.3, 0.4) is 0 Å². The fourth-order valence-corrected chi connectivity index (χ4v) is 2.51. The number of ether oxygens (including phenoxy) is 1. The molecule has 1 saturated heterocycles. The first-order valence-electron chi connectivity index (χ1n) is 6.76. The molecule has 7 heteroatoms. The zero-order chi connectivity index (χ0) is 14.7. The zero-order valence-electron chi connectivity index (χ0n) is 12.2. The second-order valence-corrected chi connectivity index (χ2v) is 5.31. The first-order valence-corrected chi connectivity index (χ1v) is 6.76. The standard InChI is InChI=1S/C13H22N4O3/c1-16(2)6-7-17-12(11(20-3)8-14-17)9-4-5-10(15-9)13(18)19/h8-10,15H,4-7H2,1-3H3,(H,18,19). The molecule has 1 aromatic rings. The van der Waals surface area contributed by atoms with Gasteiger partial charge in [-0.15, -0.1) is 0 Å². The predicted molar refractivity (Wildman–Crippen MR) is 73.9 cm³/mol. The zero-order valence-corrected chi connectivity index (χ0v) is 12.2. The minimum atomic E-state index is -0.800. The van der Waals surface area contributed by atoms with E-state index < -0.39 is 12.0 Å². The molecule has 2 rings (SSSR count). The van der Waals surface area contributed by atoms with Crippen LogP contribution >= 0.6 is 0 Å². The molecule has 0 aliphatic carbocycles. The molecule has 20 heavy (non-hydrogen) atoms. The van der Waals surface area contributed by atoms with Crippen LogP contribution in [-0.2, 0) is 11.3 Å². The summed E-state index contributed by atoms with van der Waals surface area (Å²) in [6, 6.07) is -0.502. The number of likely N-dealkylation sites (N-methyl/N-ethyl adjacent to an activating group) is 1. The highest BCUT2D eigenvalue weighted by Crippen LogP contribution is 2.32. The molecular weight excluding hydrogens is 260 g/mol. The van der Waals surface area contributed by atoms with Gasteiger partial charge in [0.1, 0.15) is 6.04 Å². The Hall–Kier alpha value is -1.60. The Kier molecular flexibility index (Phi) is 4.61. The monoisotopic (exact) mass is 282 g/mol. The van der Waals surface area contributed by atoms with Crippen molar-refractivity contribution in [2.24, 2.45) is 0 Å². The summed E-state index contributed by atoms with van der Waals surface area (Å²) in [5.74, 6) is -0.0851. The Morgan fingerprint density at radius 2 is 2.35 bits per heavy atom. The highest BCUT2D eigenvalue weighted by atomic mass is 16.5. The lowest BCUT2D eigenvalue weighted by Gasteiger charge is -2.17. The van der Waals surface area contributed by atoms with Crippen molar-refractivity contribution in [3.63, 3.8) is 0 Å². The predicted octanol–water partition coefficient (Wildman–Crippen LogP) is 0.331. The average Bonchev–Trinajstić information content (AvgIpc) is 3.02. The summed E-state index contributed by atoms with van der Waals surface area (Å²) in [6.45, 7) is 1.62. The normalized spacial score (nSPS) is 22.4. The highest BCUT2D eigenvalue weighted by Gasteiger charge is 2.33. The molecule has 2 unspecified atom stereocenters. The maximum atomic E-state index is 11.0. The van der Waals surface area contributed by atoms with Crippen molar-refractivity contribution in [3.05, 3.63) is 11.9 Å². The van der Waals surface area contributed by atoms with E-state index in [2.05, 4.69) is 15.3 Å². The summed E-state index contributed by atoms with van der Waals surface area (Å²) in [6.07, 6.45) is 3.10. The van der Waals surface area contributed by atoms with E-state index in [-0.39, 0.29) is 6.04 Å². The van der Waals surface area contributed by atoms with Gasteiger partial charge in [0, 0.05) is 6.54 Å². The van der Waals surface area contributed by atoms with E-state index in [9.17, 15) is 4.79 Å². The fraction of sp³-hybridized carbons (Fsp3) is 0.692. The topological polar surface area (TPSA) is 79.6 Å². The van der Waals surface area contributed by atoms with E-state index in [4.69, 9.17) is 9.84 Å². The first-order chi connectivity index (χ1) is 9.52. The van der Waals surface area contributed by atoms with Crippen LogP contribution in [0, 0.1) is 0 Å². The Labute approximate surface area is 118 Å². The molecule has 1 fully saturated rings. The van der Waals surface area contributed by atoms with Crippen molar-refractivity contribution >= 4 is 5.97 Å². The number of nitrogens with zero attached hydrogens (tertiary/aromatic N) is 3. The molecular formula is C13H22N4O3. The molecule has 2 atom stereocenters. The van der Waals surface area contributed by atoms with Crippen LogP contribution < -0.4 is 10.1 Å². The van der Waals surface area contributed by atoms with Crippen molar-refractivity contribution in [1.82, 2.24) is 20.0 Å². The van der Waals surface area contributed by atoms with Gasteiger partial charge >= 0.3 is 5.97 Å². The molecule has 0 aromatic carbocycles. The maximum absolute atomic E-state index is 11.0. The van der Waals surface area contributed by atoms with Gasteiger partial charge in [0.15, 0.2) is 5.75 Å². The quantitative estimate of drug-likeness (QED) is 0.783. The van der Waals surface area contributed by atoms with Crippen LogP contribution in [0.25, 0.3) is 0 Å². The van der Waals surface area contributed by atoms with E-state index >= 15 is 0 Å². The molecule has 0 bridgehead atoms. The number of aliphatic carboxylic acids is 1. The van der Waals surface area contributed by atoms with Crippen LogP contribution in [0.1, 0.15) is 24.6 Å². The summed E-state index contributed by atoms with van der Waals surface area (Å²) in [5, 5.41) is 16.6. The summed E-state index contributed by atoms with van der Waals surface area (Å²) in [7, 11) is 5.63. The van der Waals surface area contributed by atoms with Crippen molar-refractivity contribution in [1.29, 1.82) is 0 Å². The number of carboxylic acid groups (broad SMARTS) is 1. The van der Waals surface area contributed by atoms with Crippen molar-refractivity contribution in [2.45, 2.75) is 31.5 Å². The molecule has 112 valence electrons. The third kappa shape index (κ3) is 3.10. The van der Waals surface area contributed by atoms with Gasteiger partial charge < -0.3 is 14.7 Å². The molecule has 0 saturated carbocycles. The van der Waals surface area contributed by atoms with Crippen molar-refractivity contribution in [3.8, 4) is 5.75 Å². The smallest absolute Gasteiger partial charge is 0.320 e. The average molecular weight is 282 g/mol. The van der Waals surface area contributed by atoms with E-state index in [0.29, 0.717) is 12.2 Å². The molecule has 1 aliphatic heterocycles. The molecule has 0 spiro atoms. The molecule has 2 N–H and O–H groups in total. The lowest BCUT2D eigenvalue weighted by molar-refractivity contribution is -0.139. The van der Waals surface area contributed by atoms with Gasteiger partial charge in [-0.05, 0) is 26.9 Å². The van der Waals surface area contributed by atoms with Gasteiger partial charge in [-0.1, -0.05) is 0 Å². The maximum Gasteiger partial charge on any atom is 0.320 e. The van der Waals surface area contributed by atoms with Gasteiger partial charge in [-0.25, -0.2) is 0 Å². The molecule has 2 heterocycles. The number of hydrogen-bond donors (Lipinski definition) is 2. The minimum absolute atomic E-state index is 0.0179.